The number of carbonyl (C=O) groups is 3. The van der Waals surface area contributed by atoms with Gasteiger partial charge >= 0.3 is 6.18 Å². The van der Waals surface area contributed by atoms with E-state index >= 15 is 0 Å². The standard InChI is InChI=1S/C29H31ClF3N9O3/c1-17(14-34)42-16-19(24(39-42)29(31,32)33)12-21-15-36-25(37-21)26(43)38-20-2-3-22(23(30)13-20)28(45)41-10-8-40(9-11-41)27(44)18-4-6-35-7-5-18/h2-3,13,15-18,35H,4-12H2,1H3,(H,36,37)(H,38,43)/t17-/m0/s1. The van der Waals surface area contributed by atoms with Crippen LogP contribution in [0.25, 0.3) is 0 Å². The lowest BCUT2D eigenvalue weighted by atomic mass is 9.96. The second kappa shape index (κ2) is 13.3. The molecule has 238 valence electrons. The van der Waals surface area contributed by atoms with Gasteiger partial charge in [-0.2, -0.15) is 23.5 Å². The van der Waals surface area contributed by atoms with Crippen molar-refractivity contribution in [2.24, 2.45) is 5.92 Å². The summed E-state index contributed by atoms with van der Waals surface area (Å²) in [5.41, 5.74) is -0.543. The second-order valence-corrected chi connectivity index (χ2v) is 11.4. The second-order valence-electron chi connectivity index (χ2n) is 11.0. The fourth-order valence-electron chi connectivity index (χ4n) is 5.41. The zero-order valence-corrected chi connectivity index (χ0v) is 25.1. The lowest BCUT2D eigenvalue weighted by Gasteiger charge is -2.37. The number of nitrogens with zero attached hydrogens (tertiary/aromatic N) is 6. The van der Waals surface area contributed by atoms with Crippen molar-refractivity contribution in [3.63, 3.8) is 0 Å². The number of carbonyl (C=O) groups excluding carboxylic acids is 3. The first-order chi connectivity index (χ1) is 21.4. The minimum atomic E-state index is -4.73. The number of benzene rings is 1. The van der Waals surface area contributed by atoms with Crippen LogP contribution in [-0.4, -0.2) is 86.5 Å². The predicted octanol–water partition coefficient (Wildman–Crippen LogP) is 3.49. The Morgan fingerprint density at radius 3 is 2.49 bits per heavy atom. The number of rotatable bonds is 7. The summed E-state index contributed by atoms with van der Waals surface area (Å²) in [5, 5.41) is 18.6. The molecule has 0 saturated carbocycles. The average molecular weight is 646 g/mol. The molecule has 1 atom stereocenters. The number of hydrogen-bond acceptors (Lipinski definition) is 7. The Morgan fingerprint density at radius 2 is 1.84 bits per heavy atom. The molecular weight excluding hydrogens is 615 g/mol. The van der Waals surface area contributed by atoms with Gasteiger partial charge in [0.1, 0.15) is 6.04 Å². The van der Waals surface area contributed by atoms with Crippen LogP contribution in [0.15, 0.2) is 30.6 Å². The van der Waals surface area contributed by atoms with Crippen molar-refractivity contribution >= 4 is 35.0 Å². The highest BCUT2D eigenvalue weighted by atomic mass is 35.5. The van der Waals surface area contributed by atoms with Crippen LogP contribution in [-0.2, 0) is 17.4 Å². The Bertz CT molecular complexity index is 1620. The summed E-state index contributed by atoms with van der Waals surface area (Å²) in [6, 6.07) is 5.37. The van der Waals surface area contributed by atoms with E-state index in [1.807, 2.05) is 11.0 Å². The third-order valence-corrected chi connectivity index (χ3v) is 8.22. The number of piperazine rings is 1. The summed E-state index contributed by atoms with van der Waals surface area (Å²) in [6.07, 6.45) is -0.961. The highest BCUT2D eigenvalue weighted by Gasteiger charge is 2.38. The molecule has 0 bridgehead atoms. The minimum absolute atomic E-state index is 0.0184. The van der Waals surface area contributed by atoms with E-state index in [1.54, 1.807) is 4.90 Å². The maximum atomic E-state index is 13.5. The normalized spacial score (nSPS) is 16.7. The van der Waals surface area contributed by atoms with E-state index in [4.69, 9.17) is 16.9 Å². The zero-order chi connectivity index (χ0) is 32.3. The van der Waals surface area contributed by atoms with Crippen LogP contribution in [0.2, 0.25) is 5.02 Å². The molecule has 0 spiro atoms. The summed E-state index contributed by atoms with van der Waals surface area (Å²) in [4.78, 5) is 49.0. The topological polar surface area (TPSA) is 152 Å². The first-order valence-electron chi connectivity index (χ1n) is 14.4. The number of H-pyrrole nitrogens is 1. The predicted molar refractivity (Wildman–Crippen MR) is 156 cm³/mol. The van der Waals surface area contributed by atoms with E-state index in [-0.39, 0.29) is 57.5 Å². The van der Waals surface area contributed by atoms with Crippen LogP contribution >= 0.6 is 11.6 Å². The Kier molecular flexibility index (Phi) is 9.45. The van der Waals surface area contributed by atoms with Gasteiger partial charge in [0.25, 0.3) is 11.8 Å². The highest BCUT2D eigenvalue weighted by molar-refractivity contribution is 6.34. The molecule has 2 saturated heterocycles. The number of imidazole rings is 1. The number of alkyl halides is 3. The third-order valence-electron chi connectivity index (χ3n) is 7.91. The van der Waals surface area contributed by atoms with Gasteiger partial charge in [-0.3, -0.25) is 19.1 Å². The zero-order valence-electron chi connectivity index (χ0n) is 24.3. The molecule has 2 aliphatic heterocycles. The summed E-state index contributed by atoms with van der Waals surface area (Å²) >= 11 is 6.42. The first kappa shape index (κ1) is 32.0. The van der Waals surface area contributed by atoms with Crippen molar-refractivity contribution in [3.8, 4) is 6.07 Å². The summed E-state index contributed by atoms with van der Waals surface area (Å²) < 4.78 is 41.5. The van der Waals surface area contributed by atoms with E-state index in [0.29, 0.717) is 26.2 Å². The first-order valence-corrected chi connectivity index (χ1v) is 14.8. The van der Waals surface area contributed by atoms with E-state index in [1.165, 1.54) is 31.3 Å². The number of aromatic nitrogens is 4. The Morgan fingerprint density at radius 1 is 1.16 bits per heavy atom. The molecule has 3 N–H and O–H groups in total. The number of aromatic amines is 1. The molecule has 0 unspecified atom stereocenters. The largest absolute Gasteiger partial charge is 0.435 e. The van der Waals surface area contributed by atoms with Crippen LogP contribution in [0, 0.1) is 17.2 Å². The van der Waals surface area contributed by atoms with E-state index in [0.717, 1.165) is 36.8 Å². The average Bonchev–Trinajstić information content (AvgIpc) is 3.69. The van der Waals surface area contributed by atoms with Crippen molar-refractivity contribution in [2.75, 3.05) is 44.6 Å². The number of anilines is 1. The van der Waals surface area contributed by atoms with Crippen LogP contribution in [0.1, 0.15) is 63.7 Å². The van der Waals surface area contributed by atoms with Crippen molar-refractivity contribution in [2.45, 2.75) is 38.4 Å². The molecule has 0 radical (unpaired) electrons. The summed E-state index contributed by atoms with van der Waals surface area (Å²) in [7, 11) is 0. The molecule has 2 aliphatic rings. The van der Waals surface area contributed by atoms with Gasteiger partial charge in [0.2, 0.25) is 5.91 Å². The van der Waals surface area contributed by atoms with Gasteiger partial charge in [0, 0.05) is 67.9 Å². The van der Waals surface area contributed by atoms with E-state index in [2.05, 4.69) is 25.7 Å². The molecule has 2 fully saturated rings. The highest BCUT2D eigenvalue weighted by Crippen LogP contribution is 2.32. The van der Waals surface area contributed by atoms with Crippen LogP contribution in [0.3, 0.4) is 0 Å². The molecule has 4 heterocycles. The van der Waals surface area contributed by atoms with Gasteiger partial charge in [-0.1, -0.05) is 11.6 Å². The van der Waals surface area contributed by atoms with Crippen LogP contribution in [0.4, 0.5) is 18.9 Å². The number of amides is 3. The molecule has 2 aromatic heterocycles. The monoisotopic (exact) mass is 645 g/mol. The van der Waals surface area contributed by atoms with Crippen LogP contribution in [0.5, 0.6) is 0 Å². The quantitative estimate of drug-likeness (QED) is 0.356. The molecule has 3 amide bonds. The van der Waals surface area contributed by atoms with Crippen LogP contribution < -0.4 is 10.6 Å². The van der Waals surface area contributed by atoms with Crippen molar-refractivity contribution < 1.29 is 27.6 Å². The van der Waals surface area contributed by atoms with Gasteiger partial charge in [-0.15, -0.1) is 0 Å². The molecule has 16 heteroatoms. The molecular formula is C29H31ClF3N9O3. The number of halogens is 4. The summed E-state index contributed by atoms with van der Waals surface area (Å²) in [5.74, 6) is -0.948. The molecule has 12 nitrogen and oxygen atoms in total. The van der Waals surface area contributed by atoms with E-state index in [9.17, 15) is 27.6 Å². The molecule has 1 aromatic carbocycles. The maximum Gasteiger partial charge on any atom is 0.435 e. The van der Waals surface area contributed by atoms with Gasteiger partial charge < -0.3 is 25.4 Å². The lowest BCUT2D eigenvalue weighted by Crippen LogP contribution is -2.52. The van der Waals surface area contributed by atoms with Gasteiger partial charge in [-0.25, -0.2) is 4.98 Å². The molecule has 5 rings (SSSR count). The smallest absolute Gasteiger partial charge is 0.339 e. The molecule has 3 aromatic rings. The Hall–Kier alpha value is -4.42. The Labute approximate surface area is 261 Å². The number of nitriles is 1. The van der Waals surface area contributed by atoms with Crippen molar-refractivity contribution in [1.29, 1.82) is 5.26 Å². The van der Waals surface area contributed by atoms with Gasteiger partial charge in [0.15, 0.2) is 11.5 Å². The van der Waals surface area contributed by atoms with Gasteiger partial charge in [0.05, 0.1) is 16.7 Å². The minimum Gasteiger partial charge on any atom is -0.339 e. The maximum absolute atomic E-state index is 13.5. The SMILES string of the molecule is C[C@@H](C#N)n1cc(Cc2cnc(C(=O)Nc3ccc(C(=O)N4CCN(C(=O)C5CCNCC5)CC4)c(Cl)c3)[nH]2)c(C(F)(F)F)n1. The summed E-state index contributed by atoms with van der Waals surface area (Å²) in [6.45, 7) is 4.74. The van der Waals surface area contributed by atoms with Crippen molar-refractivity contribution in [3.05, 3.63) is 64.0 Å². The number of piperidine rings is 1. The van der Waals surface area contributed by atoms with Crippen molar-refractivity contribution in [1.82, 2.24) is 34.9 Å². The fraction of sp³-hybridized carbons (Fsp3) is 0.448. The molecule has 0 aliphatic carbocycles. The Balaban J connectivity index is 1.18. The lowest BCUT2D eigenvalue weighted by molar-refractivity contribution is -0.142. The number of nitrogens with one attached hydrogen (secondary N) is 3. The number of hydrogen-bond donors (Lipinski definition) is 3. The van der Waals surface area contributed by atoms with E-state index < -0.39 is 23.8 Å². The van der Waals surface area contributed by atoms with Gasteiger partial charge in [-0.05, 0) is 51.1 Å². The fourth-order valence-corrected chi connectivity index (χ4v) is 5.67. The third kappa shape index (κ3) is 7.29. The molecule has 45 heavy (non-hydrogen) atoms.